The normalized spacial score (nSPS) is 11.2. The molecule has 3 heteroatoms. The molecule has 0 aliphatic carbocycles. The molecule has 1 N–H and O–H groups in total. The van der Waals surface area contributed by atoms with Crippen LogP contribution in [0, 0.1) is 0 Å². The number of hydrogen-bond acceptors (Lipinski definition) is 3. The standard InChI is InChI=1S/C16H22N2O/c1-4-13-5-7-14(8-6-13)15-11-18-16(19-15)9-10-17-12(2)3/h5-8,11-12,17H,4,9-10H2,1-3H3. The first-order valence-electron chi connectivity index (χ1n) is 6.96. The van der Waals surface area contributed by atoms with Crippen LogP contribution in [-0.2, 0) is 12.8 Å². The molecule has 0 atom stereocenters. The molecule has 0 radical (unpaired) electrons. The number of nitrogens with one attached hydrogen (secondary N) is 1. The molecule has 0 spiro atoms. The highest BCUT2D eigenvalue weighted by molar-refractivity contribution is 5.56. The summed E-state index contributed by atoms with van der Waals surface area (Å²) in [6.45, 7) is 7.32. The van der Waals surface area contributed by atoms with Gasteiger partial charge in [-0.15, -0.1) is 0 Å². The van der Waals surface area contributed by atoms with Gasteiger partial charge in [-0.25, -0.2) is 4.98 Å². The van der Waals surface area contributed by atoms with Crippen LogP contribution in [0.1, 0.15) is 32.2 Å². The van der Waals surface area contributed by atoms with Crippen LogP contribution >= 0.6 is 0 Å². The first kappa shape index (κ1) is 13.8. The van der Waals surface area contributed by atoms with E-state index in [0.29, 0.717) is 6.04 Å². The van der Waals surface area contributed by atoms with Crippen LogP contribution in [0.2, 0.25) is 0 Å². The van der Waals surface area contributed by atoms with E-state index < -0.39 is 0 Å². The fourth-order valence-electron chi connectivity index (χ4n) is 1.93. The molecular formula is C16H22N2O. The minimum atomic E-state index is 0.496. The second-order valence-electron chi connectivity index (χ2n) is 5.03. The van der Waals surface area contributed by atoms with Crippen molar-refractivity contribution in [1.29, 1.82) is 0 Å². The highest BCUT2D eigenvalue weighted by atomic mass is 16.4. The van der Waals surface area contributed by atoms with Gasteiger partial charge in [-0.3, -0.25) is 0 Å². The van der Waals surface area contributed by atoms with Gasteiger partial charge in [0, 0.05) is 24.6 Å². The summed E-state index contributed by atoms with van der Waals surface area (Å²) >= 11 is 0. The topological polar surface area (TPSA) is 38.1 Å². The molecule has 0 aliphatic heterocycles. The van der Waals surface area contributed by atoms with Crippen molar-refractivity contribution < 1.29 is 4.42 Å². The van der Waals surface area contributed by atoms with Gasteiger partial charge in [0.1, 0.15) is 0 Å². The Kier molecular flexibility index (Phi) is 4.74. The summed E-state index contributed by atoms with van der Waals surface area (Å²) in [6, 6.07) is 8.96. The number of rotatable bonds is 6. The van der Waals surface area contributed by atoms with Gasteiger partial charge in [-0.2, -0.15) is 0 Å². The van der Waals surface area contributed by atoms with Crippen molar-refractivity contribution in [2.45, 2.75) is 39.7 Å². The van der Waals surface area contributed by atoms with E-state index in [4.69, 9.17) is 4.42 Å². The lowest BCUT2D eigenvalue weighted by atomic mass is 10.1. The average Bonchev–Trinajstić information content (AvgIpc) is 2.87. The molecule has 0 bridgehead atoms. The predicted octanol–water partition coefficient (Wildman–Crippen LogP) is 3.44. The molecule has 1 heterocycles. The maximum atomic E-state index is 5.77. The van der Waals surface area contributed by atoms with Gasteiger partial charge >= 0.3 is 0 Å². The Hall–Kier alpha value is -1.61. The Morgan fingerprint density at radius 2 is 1.95 bits per heavy atom. The molecule has 3 nitrogen and oxygen atoms in total. The fraction of sp³-hybridized carbons (Fsp3) is 0.438. The molecule has 1 aromatic heterocycles. The Morgan fingerprint density at radius 1 is 1.21 bits per heavy atom. The first-order chi connectivity index (χ1) is 9.19. The maximum absolute atomic E-state index is 5.77. The van der Waals surface area contributed by atoms with Crippen LogP contribution in [0.4, 0.5) is 0 Å². The monoisotopic (exact) mass is 258 g/mol. The lowest BCUT2D eigenvalue weighted by molar-refractivity contribution is 0.484. The van der Waals surface area contributed by atoms with Crippen LogP contribution in [-0.4, -0.2) is 17.6 Å². The first-order valence-corrected chi connectivity index (χ1v) is 6.96. The van der Waals surface area contributed by atoms with E-state index in [-0.39, 0.29) is 0 Å². The second-order valence-corrected chi connectivity index (χ2v) is 5.03. The number of aromatic nitrogens is 1. The van der Waals surface area contributed by atoms with Gasteiger partial charge in [0.15, 0.2) is 11.7 Å². The Bertz CT molecular complexity index is 500. The molecule has 0 unspecified atom stereocenters. The Labute approximate surface area is 115 Å². The van der Waals surface area contributed by atoms with Crippen LogP contribution in [0.25, 0.3) is 11.3 Å². The quantitative estimate of drug-likeness (QED) is 0.862. The molecule has 1 aromatic carbocycles. The van der Waals surface area contributed by atoms with Crippen molar-refractivity contribution in [2.24, 2.45) is 0 Å². The summed E-state index contributed by atoms with van der Waals surface area (Å²) in [5, 5.41) is 3.36. The highest BCUT2D eigenvalue weighted by Crippen LogP contribution is 2.21. The summed E-state index contributed by atoms with van der Waals surface area (Å²) in [5.74, 6) is 1.64. The van der Waals surface area contributed by atoms with E-state index in [0.717, 1.165) is 36.6 Å². The number of benzene rings is 1. The third-order valence-electron chi connectivity index (χ3n) is 3.09. The Morgan fingerprint density at radius 3 is 2.58 bits per heavy atom. The number of aryl methyl sites for hydroxylation is 1. The third kappa shape index (κ3) is 3.93. The van der Waals surface area contributed by atoms with Crippen molar-refractivity contribution >= 4 is 0 Å². The number of oxazole rings is 1. The fourth-order valence-corrected chi connectivity index (χ4v) is 1.93. The lowest BCUT2D eigenvalue weighted by Crippen LogP contribution is -2.24. The zero-order chi connectivity index (χ0) is 13.7. The summed E-state index contributed by atoms with van der Waals surface area (Å²) in [5.41, 5.74) is 2.43. The van der Waals surface area contributed by atoms with Gasteiger partial charge in [0.05, 0.1) is 6.20 Å². The van der Waals surface area contributed by atoms with Crippen molar-refractivity contribution in [2.75, 3.05) is 6.54 Å². The van der Waals surface area contributed by atoms with E-state index in [1.54, 1.807) is 0 Å². The molecule has 2 rings (SSSR count). The second kappa shape index (κ2) is 6.53. The number of hydrogen-bond donors (Lipinski definition) is 1. The summed E-state index contributed by atoms with van der Waals surface area (Å²) in [4.78, 5) is 4.33. The number of nitrogens with zero attached hydrogens (tertiary/aromatic N) is 1. The summed E-state index contributed by atoms with van der Waals surface area (Å²) in [6.07, 6.45) is 3.69. The van der Waals surface area contributed by atoms with E-state index in [9.17, 15) is 0 Å². The minimum Gasteiger partial charge on any atom is -0.441 e. The van der Waals surface area contributed by atoms with Gasteiger partial charge in [0.2, 0.25) is 0 Å². The van der Waals surface area contributed by atoms with Gasteiger partial charge < -0.3 is 9.73 Å². The zero-order valence-electron chi connectivity index (χ0n) is 11.9. The van der Waals surface area contributed by atoms with E-state index in [1.165, 1.54) is 5.56 Å². The SMILES string of the molecule is CCc1ccc(-c2cnc(CCNC(C)C)o2)cc1. The van der Waals surface area contributed by atoms with Crippen LogP contribution < -0.4 is 5.32 Å². The molecule has 102 valence electrons. The molecular weight excluding hydrogens is 236 g/mol. The third-order valence-corrected chi connectivity index (χ3v) is 3.09. The molecule has 0 amide bonds. The van der Waals surface area contributed by atoms with Crippen molar-refractivity contribution in [3.63, 3.8) is 0 Å². The smallest absolute Gasteiger partial charge is 0.196 e. The lowest BCUT2D eigenvalue weighted by Gasteiger charge is -2.05. The molecule has 0 fully saturated rings. The Balaban J connectivity index is 1.99. The van der Waals surface area contributed by atoms with Crippen LogP contribution in [0.5, 0.6) is 0 Å². The van der Waals surface area contributed by atoms with E-state index in [2.05, 4.69) is 55.3 Å². The maximum Gasteiger partial charge on any atom is 0.196 e. The molecule has 19 heavy (non-hydrogen) atoms. The van der Waals surface area contributed by atoms with Crippen molar-refractivity contribution in [3.8, 4) is 11.3 Å². The van der Waals surface area contributed by atoms with E-state index in [1.807, 2.05) is 6.20 Å². The summed E-state index contributed by atoms with van der Waals surface area (Å²) in [7, 11) is 0. The van der Waals surface area contributed by atoms with Crippen molar-refractivity contribution in [1.82, 2.24) is 10.3 Å². The average molecular weight is 258 g/mol. The van der Waals surface area contributed by atoms with Crippen LogP contribution in [0.3, 0.4) is 0 Å². The predicted molar refractivity (Wildman–Crippen MR) is 78.2 cm³/mol. The van der Waals surface area contributed by atoms with Gasteiger partial charge in [0.25, 0.3) is 0 Å². The van der Waals surface area contributed by atoms with E-state index >= 15 is 0 Å². The van der Waals surface area contributed by atoms with Crippen LogP contribution in [0.15, 0.2) is 34.9 Å². The molecule has 0 aliphatic rings. The largest absolute Gasteiger partial charge is 0.441 e. The van der Waals surface area contributed by atoms with Crippen molar-refractivity contribution in [3.05, 3.63) is 41.9 Å². The minimum absolute atomic E-state index is 0.496. The molecule has 0 saturated heterocycles. The molecule has 0 saturated carbocycles. The van der Waals surface area contributed by atoms with Gasteiger partial charge in [-0.1, -0.05) is 45.0 Å². The zero-order valence-corrected chi connectivity index (χ0v) is 11.9. The highest BCUT2D eigenvalue weighted by Gasteiger charge is 2.06. The summed E-state index contributed by atoms with van der Waals surface area (Å²) < 4.78 is 5.77. The van der Waals surface area contributed by atoms with Gasteiger partial charge in [-0.05, 0) is 12.0 Å². The molecule has 2 aromatic rings.